The topological polar surface area (TPSA) is 34.9 Å². The smallest absolute Gasteiger partial charge is 0.168 e. The van der Waals surface area contributed by atoms with E-state index in [0.29, 0.717) is 6.42 Å². The number of carbonyl (C=O) groups excluding carboxylic acids is 1. The summed E-state index contributed by atoms with van der Waals surface area (Å²) in [5.74, 6) is 0.136. The van der Waals surface area contributed by atoms with Crippen molar-refractivity contribution >= 4 is 28.4 Å². The van der Waals surface area contributed by atoms with Gasteiger partial charge in [-0.05, 0) is 47.2 Å². The predicted molar refractivity (Wildman–Crippen MR) is 79.8 cm³/mol. The zero-order valence-corrected chi connectivity index (χ0v) is 12.6. The van der Waals surface area contributed by atoms with Crippen molar-refractivity contribution in [1.29, 1.82) is 0 Å². The number of carbonyl (C=O) groups is 1. The van der Waals surface area contributed by atoms with Crippen LogP contribution in [-0.4, -0.2) is 15.6 Å². The van der Waals surface area contributed by atoms with Crippen LogP contribution < -0.4 is 0 Å². The quantitative estimate of drug-likeness (QED) is 0.625. The normalized spacial score (nSPS) is 10.6. The molecule has 0 spiro atoms. The van der Waals surface area contributed by atoms with Gasteiger partial charge in [0.05, 0.1) is 12.1 Å². The molecule has 1 heterocycles. The second-order valence-corrected chi connectivity index (χ2v) is 5.46. The van der Waals surface area contributed by atoms with Crippen molar-refractivity contribution in [3.63, 3.8) is 0 Å². The zero-order chi connectivity index (χ0) is 13.1. The summed E-state index contributed by atoms with van der Waals surface area (Å²) in [6.45, 7) is 2.06. The van der Waals surface area contributed by atoms with Crippen molar-refractivity contribution in [2.75, 3.05) is 0 Å². The van der Waals surface area contributed by atoms with Gasteiger partial charge in [-0.25, -0.2) is 0 Å². The van der Waals surface area contributed by atoms with Crippen LogP contribution in [0.5, 0.6) is 0 Å². The van der Waals surface area contributed by atoms with Crippen LogP contribution in [0.2, 0.25) is 0 Å². The fourth-order valence-electron chi connectivity index (χ4n) is 1.81. The van der Waals surface area contributed by atoms with Gasteiger partial charge in [0.2, 0.25) is 0 Å². The number of hydrogen-bond donors (Lipinski definition) is 0. The van der Waals surface area contributed by atoms with Gasteiger partial charge in [0.1, 0.15) is 0 Å². The zero-order valence-electron chi connectivity index (χ0n) is 10.5. The Morgan fingerprint density at radius 2 is 2.00 bits per heavy atom. The van der Waals surface area contributed by atoms with Gasteiger partial charge in [-0.1, -0.05) is 19.1 Å². The van der Waals surface area contributed by atoms with Crippen molar-refractivity contribution in [3.8, 4) is 0 Å². The fraction of sp³-hybridized carbons (Fsp3) is 0.286. The predicted octanol–water partition coefficient (Wildman–Crippen LogP) is 3.01. The number of nitrogens with zero attached hydrogens (tertiary/aromatic N) is 2. The van der Waals surface area contributed by atoms with Crippen LogP contribution in [0, 0.1) is 3.57 Å². The number of Topliss-reactive ketones (excluding diaryl/α,β-unsaturated/α-hetero) is 1. The summed E-state index contributed by atoms with van der Waals surface area (Å²) in [5.41, 5.74) is 2.76. The Balaban J connectivity index is 2.15. The van der Waals surface area contributed by atoms with Crippen LogP contribution in [0.3, 0.4) is 0 Å². The molecule has 0 fully saturated rings. The van der Waals surface area contributed by atoms with E-state index in [1.807, 2.05) is 37.4 Å². The number of benzene rings is 1. The highest BCUT2D eigenvalue weighted by molar-refractivity contribution is 14.1. The number of hydrogen-bond acceptors (Lipinski definition) is 2. The number of aromatic nitrogens is 2. The molecule has 0 amide bonds. The van der Waals surface area contributed by atoms with Gasteiger partial charge in [0.15, 0.2) is 5.78 Å². The third-order valence-electron chi connectivity index (χ3n) is 2.90. The molecule has 18 heavy (non-hydrogen) atoms. The Kier molecular flexibility index (Phi) is 4.16. The van der Waals surface area contributed by atoms with E-state index in [0.717, 1.165) is 26.9 Å². The summed E-state index contributed by atoms with van der Waals surface area (Å²) in [7, 11) is 1.88. The molecule has 0 aliphatic heterocycles. The lowest BCUT2D eigenvalue weighted by Gasteiger charge is -2.02. The molecule has 1 aromatic heterocycles. The number of aryl methyl sites for hydroxylation is 2. The van der Waals surface area contributed by atoms with E-state index in [-0.39, 0.29) is 5.78 Å². The Morgan fingerprint density at radius 3 is 2.56 bits per heavy atom. The van der Waals surface area contributed by atoms with E-state index in [9.17, 15) is 4.79 Å². The summed E-state index contributed by atoms with van der Waals surface area (Å²) in [6.07, 6.45) is 1.30. The first-order valence-corrected chi connectivity index (χ1v) is 6.98. The minimum atomic E-state index is 0.136. The van der Waals surface area contributed by atoms with Gasteiger partial charge in [-0.15, -0.1) is 0 Å². The van der Waals surface area contributed by atoms with E-state index in [2.05, 4.69) is 34.6 Å². The van der Waals surface area contributed by atoms with Crippen molar-refractivity contribution in [2.24, 2.45) is 7.05 Å². The molecule has 2 rings (SSSR count). The van der Waals surface area contributed by atoms with Crippen LogP contribution in [0.15, 0.2) is 30.3 Å². The first kappa shape index (κ1) is 13.3. The highest BCUT2D eigenvalue weighted by Crippen LogP contribution is 2.11. The molecule has 0 atom stereocenters. The van der Waals surface area contributed by atoms with Crippen LogP contribution >= 0.6 is 22.6 Å². The van der Waals surface area contributed by atoms with Gasteiger partial charge < -0.3 is 0 Å². The first-order valence-electron chi connectivity index (χ1n) is 5.90. The molecule has 0 N–H and O–H groups in total. The van der Waals surface area contributed by atoms with Crippen LogP contribution in [0.25, 0.3) is 0 Å². The standard InChI is InChI=1S/C14H15IN2O/c1-3-12-8-13(17(2)16-12)9-14(18)10-4-6-11(15)7-5-10/h4-8H,3,9H2,1-2H3. The van der Waals surface area contributed by atoms with Crippen LogP contribution in [0.1, 0.15) is 28.7 Å². The Morgan fingerprint density at radius 1 is 1.33 bits per heavy atom. The molecule has 0 bridgehead atoms. The summed E-state index contributed by atoms with van der Waals surface area (Å²) >= 11 is 2.23. The van der Waals surface area contributed by atoms with E-state index in [1.54, 1.807) is 4.68 Å². The molecular weight excluding hydrogens is 339 g/mol. The summed E-state index contributed by atoms with van der Waals surface area (Å²) in [5, 5.41) is 4.35. The molecule has 4 heteroatoms. The molecule has 0 radical (unpaired) electrons. The van der Waals surface area contributed by atoms with Crippen molar-refractivity contribution in [2.45, 2.75) is 19.8 Å². The molecule has 1 aromatic carbocycles. The van der Waals surface area contributed by atoms with Gasteiger partial charge >= 0.3 is 0 Å². The molecule has 3 nitrogen and oxygen atoms in total. The maximum Gasteiger partial charge on any atom is 0.168 e. The lowest BCUT2D eigenvalue weighted by molar-refractivity contribution is 0.0990. The van der Waals surface area contributed by atoms with Crippen molar-refractivity contribution < 1.29 is 4.79 Å². The number of ketones is 1. The van der Waals surface area contributed by atoms with Crippen molar-refractivity contribution in [1.82, 2.24) is 9.78 Å². The molecule has 2 aromatic rings. The average molecular weight is 354 g/mol. The SMILES string of the molecule is CCc1cc(CC(=O)c2ccc(I)cc2)n(C)n1. The Labute approximate surface area is 120 Å². The molecule has 94 valence electrons. The minimum Gasteiger partial charge on any atom is -0.294 e. The molecule has 0 saturated carbocycles. The third kappa shape index (κ3) is 2.98. The Bertz CT molecular complexity index is 558. The lowest BCUT2D eigenvalue weighted by Crippen LogP contribution is -2.07. The van der Waals surface area contributed by atoms with Crippen LogP contribution in [0.4, 0.5) is 0 Å². The average Bonchev–Trinajstić information content (AvgIpc) is 2.71. The highest BCUT2D eigenvalue weighted by atomic mass is 127. The van der Waals surface area contributed by atoms with Gasteiger partial charge in [0, 0.05) is 21.9 Å². The van der Waals surface area contributed by atoms with Gasteiger partial charge in [-0.3, -0.25) is 9.48 Å². The molecular formula is C14H15IN2O. The van der Waals surface area contributed by atoms with Crippen LogP contribution in [-0.2, 0) is 19.9 Å². The molecule has 0 aliphatic rings. The van der Waals surface area contributed by atoms with Gasteiger partial charge in [-0.2, -0.15) is 5.10 Å². The third-order valence-corrected chi connectivity index (χ3v) is 3.62. The maximum atomic E-state index is 12.1. The fourth-order valence-corrected chi connectivity index (χ4v) is 2.17. The summed E-state index contributed by atoms with van der Waals surface area (Å²) in [6, 6.07) is 9.66. The largest absolute Gasteiger partial charge is 0.294 e. The molecule has 0 aliphatic carbocycles. The maximum absolute atomic E-state index is 12.1. The Hall–Kier alpha value is -1.17. The lowest BCUT2D eigenvalue weighted by atomic mass is 10.1. The number of rotatable bonds is 4. The van der Waals surface area contributed by atoms with Gasteiger partial charge in [0.25, 0.3) is 0 Å². The summed E-state index contributed by atoms with van der Waals surface area (Å²) in [4.78, 5) is 12.1. The second-order valence-electron chi connectivity index (χ2n) is 4.21. The van der Waals surface area contributed by atoms with E-state index >= 15 is 0 Å². The van der Waals surface area contributed by atoms with E-state index in [1.165, 1.54) is 0 Å². The van der Waals surface area contributed by atoms with E-state index < -0.39 is 0 Å². The first-order chi connectivity index (χ1) is 8.60. The minimum absolute atomic E-state index is 0.136. The molecule has 0 saturated heterocycles. The summed E-state index contributed by atoms with van der Waals surface area (Å²) < 4.78 is 2.93. The monoisotopic (exact) mass is 354 g/mol. The second kappa shape index (κ2) is 5.65. The highest BCUT2D eigenvalue weighted by Gasteiger charge is 2.11. The number of halogens is 1. The van der Waals surface area contributed by atoms with Crippen molar-refractivity contribution in [3.05, 3.63) is 50.9 Å². The van der Waals surface area contributed by atoms with E-state index in [4.69, 9.17) is 0 Å². The molecule has 0 unspecified atom stereocenters.